The number of anilines is 1. The monoisotopic (exact) mass is 480 g/mol. The first-order valence-electron chi connectivity index (χ1n) is 9.95. The zero-order valence-electron chi connectivity index (χ0n) is 17.5. The first kappa shape index (κ1) is 21.2. The molecule has 1 aliphatic heterocycles. The SMILES string of the molecule is COc1ccc2nc(N3C(=O)C(=O)C(=C(O)c4ccc(Cl)cc4)C3c3ccc(C)o3)sc2c1. The Labute approximate surface area is 197 Å². The molecule has 7 nitrogen and oxygen atoms in total. The molecular weight excluding hydrogens is 464 g/mol. The van der Waals surface area contributed by atoms with Gasteiger partial charge in [-0.15, -0.1) is 0 Å². The number of benzene rings is 2. The Morgan fingerprint density at radius 2 is 1.91 bits per heavy atom. The number of furan rings is 1. The largest absolute Gasteiger partial charge is 0.507 e. The van der Waals surface area contributed by atoms with E-state index >= 15 is 0 Å². The van der Waals surface area contributed by atoms with Crippen molar-refractivity contribution < 1.29 is 23.8 Å². The maximum Gasteiger partial charge on any atom is 0.302 e. The molecule has 2 aromatic heterocycles. The third-order valence-electron chi connectivity index (χ3n) is 5.38. The highest BCUT2D eigenvalue weighted by atomic mass is 35.5. The van der Waals surface area contributed by atoms with Gasteiger partial charge in [0.2, 0.25) is 0 Å². The summed E-state index contributed by atoms with van der Waals surface area (Å²) in [5.74, 6) is -0.320. The molecule has 1 fully saturated rings. The highest BCUT2D eigenvalue weighted by Gasteiger charge is 2.49. The summed E-state index contributed by atoms with van der Waals surface area (Å²) >= 11 is 7.21. The van der Waals surface area contributed by atoms with E-state index in [0.29, 0.717) is 38.5 Å². The van der Waals surface area contributed by atoms with Crippen LogP contribution in [0.15, 0.2) is 64.6 Å². The third-order valence-corrected chi connectivity index (χ3v) is 6.65. The molecule has 1 saturated heterocycles. The summed E-state index contributed by atoms with van der Waals surface area (Å²) in [6.45, 7) is 1.76. The molecule has 0 aliphatic carbocycles. The van der Waals surface area contributed by atoms with E-state index in [9.17, 15) is 14.7 Å². The van der Waals surface area contributed by atoms with Crippen molar-refractivity contribution in [3.05, 3.63) is 82.3 Å². The topological polar surface area (TPSA) is 92.9 Å². The molecule has 33 heavy (non-hydrogen) atoms. The number of fused-ring (bicyclic) bond motifs is 1. The van der Waals surface area contributed by atoms with Crippen LogP contribution in [0.5, 0.6) is 5.75 Å². The predicted molar refractivity (Wildman–Crippen MR) is 126 cm³/mol. The molecule has 3 heterocycles. The van der Waals surface area contributed by atoms with E-state index in [4.69, 9.17) is 20.8 Å². The van der Waals surface area contributed by atoms with E-state index < -0.39 is 17.7 Å². The fraction of sp³-hybridized carbons (Fsp3) is 0.125. The summed E-state index contributed by atoms with van der Waals surface area (Å²) in [7, 11) is 1.57. The summed E-state index contributed by atoms with van der Waals surface area (Å²) < 4.78 is 11.9. The van der Waals surface area contributed by atoms with Crippen LogP contribution in [0.1, 0.15) is 23.1 Å². The normalized spacial score (nSPS) is 17.8. The first-order chi connectivity index (χ1) is 15.9. The van der Waals surface area contributed by atoms with Crippen LogP contribution in [0.3, 0.4) is 0 Å². The van der Waals surface area contributed by atoms with Crippen molar-refractivity contribution in [2.24, 2.45) is 0 Å². The summed E-state index contributed by atoms with van der Waals surface area (Å²) in [6.07, 6.45) is 0. The zero-order valence-corrected chi connectivity index (χ0v) is 19.1. The molecule has 0 spiro atoms. The van der Waals surface area contributed by atoms with Crippen molar-refractivity contribution in [3.8, 4) is 5.75 Å². The molecule has 2 aromatic carbocycles. The van der Waals surface area contributed by atoms with Crippen LogP contribution in [-0.4, -0.2) is 28.9 Å². The Bertz CT molecular complexity index is 1440. The van der Waals surface area contributed by atoms with Crippen LogP contribution in [0.2, 0.25) is 5.02 Å². The molecule has 1 aliphatic rings. The summed E-state index contributed by atoms with van der Waals surface area (Å²) in [4.78, 5) is 32.2. The number of carbonyl (C=O) groups is 2. The van der Waals surface area contributed by atoms with E-state index in [0.717, 1.165) is 4.70 Å². The van der Waals surface area contributed by atoms with Gasteiger partial charge < -0.3 is 14.3 Å². The van der Waals surface area contributed by atoms with Crippen molar-refractivity contribution in [1.82, 2.24) is 4.98 Å². The summed E-state index contributed by atoms with van der Waals surface area (Å²) in [5, 5.41) is 11.9. The molecule has 0 radical (unpaired) electrons. The van der Waals surface area contributed by atoms with E-state index in [2.05, 4.69) is 4.98 Å². The molecule has 5 rings (SSSR count). The molecule has 0 bridgehead atoms. The van der Waals surface area contributed by atoms with Gasteiger partial charge in [0.05, 0.1) is 22.9 Å². The van der Waals surface area contributed by atoms with Gasteiger partial charge in [0.25, 0.3) is 5.78 Å². The van der Waals surface area contributed by atoms with Gasteiger partial charge in [-0.3, -0.25) is 14.5 Å². The second-order valence-electron chi connectivity index (χ2n) is 7.45. The van der Waals surface area contributed by atoms with Crippen LogP contribution in [0.4, 0.5) is 5.13 Å². The zero-order chi connectivity index (χ0) is 23.3. The van der Waals surface area contributed by atoms with Crippen molar-refractivity contribution in [2.45, 2.75) is 13.0 Å². The van der Waals surface area contributed by atoms with Crippen molar-refractivity contribution >= 4 is 55.7 Å². The Hall–Kier alpha value is -3.62. The number of rotatable bonds is 4. The van der Waals surface area contributed by atoms with Gasteiger partial charge in [-0.05, 0) is 61.5 Å². The Morgan fingerprint density at radius 1 is 1.15 bits per heavy atom. The van der Waals surface area contributed by atoms with Gasteiger partial charge in [0.1, 0.15) is 29.1 Å². The fourth-order valence-corrected chi connectivity index (χ4v) is 4.93. The lowest BCUT2D eigenvalue weighted by Gasteiger charge is -2.20. The number of aromatic nitrogens is 1. The standard InChI is InChI=1S/C24H17ClN2O5S/c1-12-3-10-17(32-12)20-19(21(28)13-4-6-14(25)7-5-13)22(29)23(30)27(20)24-26-16-9-8-15(31-2)11-18(16)33-24/h3-11,20,28H,1-2H3. The number of ketones is 1. The molecule has 1 atom stereocenters. The van der Waals surface area contributed by atoms with Crippen LogP contribution in [-0.2, 0) is 9.59 Å². The molecule has 166 valence electrons. The third kappa shape index (κ3) is 3.57. The minimum Gasteiger partial charge on any atom is -0.507 e. The van der Waals surface area contributed by atoms with E-state index in [1.807, 2.05) is 6.07 Å². The molecule has 1 N–H and O–H groups in total. The molecule has 9 heteroatoms. The predicted octanol–water partition coefficient (Wildman–Crippen LogP) is 5.49. The lowest BCUT2D eigenvalue weighted by atomic mass is 9.99. The van der Waals surface area contributed by atoms with Crippen molar-refractivity contribution in [3.63, 3.8) is 0 Å². The highest BCUT2D eigenvalue weighted by molar-refractivity contribution is 7.22. The molecule has 4 aromatic rings. The number of amides is 1. The second-order valence-corrected chi connectivity index (χ2v) is 8.90. The number of Topliss-reactive ketones (excluding diaryl/α,β-unsaturated/α-hetero) is 1. The van der Waals surface area contributed by atoms with E-state index in [1.165, 1.54) is 16.2 Å². The quantitative estimate of drug-likeness (QED) is 0.236. The Morgan fingerprint density at radius 3 is 2.58 bits per heavy atom. The van der Waals surface area contributed by atoms with Crippen LogP contribution in [0.25, 0.3) is 16.0 Å². The average Bonchev–Trinajstić information content (AvgIpc) is 3.49. The number of thiazole rings is 1. The minimum absolute atomic E-state index is 0.0755. The van der Waals surface area contributed by atoms with Crippen LogP contribution < -0.4 is 9.64 Å². The number of hydrogen-bond donors (Lipinski definition) is 1. The van der Waals surface area contributed by atoms with E-state index in [1.54, 1.807) is 62.6 Å². The second kappa shape index (κ2) is 8.06. The molecule has 1 amide bonds. The smallest absolute Gasteiger partial charge is 0.302 e. The molecular formula is C24H17ClN2O5S. The Kier molecular flexibility index (Phi) is 5.19. The van der Waals surface area contributed by atoms with Gasteiger partial charge in [0.15, 0.2) is 5.13 Å². The number of aryl methyl sites for hydroxylation is 1. The highest BCUT2D eigenvalue weighted by Crippen LogP contribution is 2.45. The lowest BCUT2D eigenvalue weighted by molar-refractivity contribution is -0.132. The average molecular weight is 481 g/mol. The fourth-order valence-electron chi connectivity index (χ4n) is 3.79. The number of nitrogens with zero attached hydrogens (tertiary/aromatic N) is 2. The van der Waals surface area contributed by atoms with Gasteiger partial charge in [-0.25, -0.2) is 4.98 Å². The number of ether oxygens (including phenoxy) is 1. The van der Waals surface area contributed by atoms with Crippen molar-refractivity contribution in [1.29, 1.82) is 0 Å². The van der Waals surface area contributed by atoms with Gasteiger partial charge in [-0.2, -0.15) is 0 Å². The Balaban J connectivity index is 1.70. The summed E-state index contributed by atoms with van der Waals surface area (Å²) in [6, 6.07) is 14.2. The van der Waals surface area contributed by atoms with Gasteiger partial charge in [-0.1, -0.05) is 22.9 Å². The maximum absolute atomic E-state index is 13.2. The number of aliphatic hydroxyl groups excluding tert-OH is 1. The number of carbonyl (C=O) groups excluding carboxylic acids is 2. The molecule has 0 saturated carbocycles. The molecule has 1 unspecified atom stereocenters. The van der Waals surface area contributed by atoms with Crippen LogP contribution in [0, 0.1) is 6.92 Å². The van der Waals surface area contributed by atoms with Crippen LogP contribution >= 0.6 is 22.9 Å². The number of halogens is 1. The van der Waals surface area contributed by atoms with Gasteiger partial charge >= 0.3 is 5.91 Å². The van der Waals surface area contributed by atoms with E-state index in [-0.39, 0.29) is 11.3 Å². The minimum atomic E-state index is -0.975. The number of aliphatic hydroxyl groups is 1. The lowest BCUT2D eigenvalue weighted by Crippen LogP contribution is -2.29. The maximum atomic E-state index is 13.2. The number of hydrogen-bond acceptors (Lipinski definition) is 7. The van der Waals surface area contributed by atoms with Gasteiger partial charge in [0, 0.05) is 10.6 Å². The van der Waals surface area contributed by atoms with Crippen molar-refractivity contribution in [2.75, 3.05) is 12.0 Å². The first-order valence-corrected chi connectivity index (χ1v) is 11.1. The summed E-state index contributed by atoms with van der Waals surface area (Å²) in [5.41, 5.74) is 0.943. The number of methoxy groups -OCH3 is 1.